The minimum absolute atomic E-state index is 0.424. The van der Waals surface area contributed by atoms with Gasteiger partial charge < -0.3 is 19.2 Å². The van der Waals surface area contributed by atoms with Crippen LogP contribution in [-0.4, -0.2) is 29.2 Å². The van der Waals surface area contributed by atoms with Gasteiger partial charge in [0, 0.05) is 23.4 Å². The van der Waals surface area contributed by atoms with E-state index in [-0.39, 0.29) is 0 Å². The number of hydrogen-bond acceptors (Lipinski definition) is 7. The third-order valence-electron chi connectivity index (χ3n) is 4.14. The van der Waals surface area contributed by atoms with Gasteiger partial charge in [-0.1, -0.05) is 30.3 Å². The number of hydrogen-bond donors (Lipinski definition) is 1. The molecule has 28 heavy (non-hydrogen) atoms. The van der Waals surface area contributed by atoms with Gasteiger partial charge in [0.05, 0.1) is 31.7 Å². The standard InChI is InChI=1S/C21H18N4O3/c1-26-18-10-15(8-9-16(18)19-12-22-13-28-19)23-21-24-17(11-20(25-21)27-2)14-6-4-3-5-7-14/h3-13H,1-2H3,(H,23,24,25). The summed E-state index contributed by atoms with van der Waals surface area (Å²) in [6.45, 7) is 0. The molecule has 7 nitrogen and oxygen atoms in total. The first-order chi connectivity index (χ1) is 13.8. The summed E-state index contributed by atoms with van der Waals surface area (Å²) in [6, 6.07) is 17.3. The fraction of sp³-hybridized carbons (Fsp3) is 0.0952. The van der Waals surface area contributed by atoms with E-state index in [1.165, 1.54) is 6.39 Å². The Morgan fingerprint density at radius 1 is 0.929 bits per heavy atom. The molecule has 0 aliphatic rings. The molecule has 140 valence electrons. The maximum atomic E-state index is 5.49. The quantitative estimate of drug-likeness (QED) is 0.530. The minimum Gasteiger partial charge on any atom is -0.496 e. The van der Waals surface area contributed by atoms with Crippen LogP contribution >= 0.6 is 0 Å². The molecule has 0 saturated heterocycles. The predicted molar refractivity (Wildman–Crippen MR) is 106 cm³/mol. The second kappa shape index (κ2) is 7.79. The third-order valence-corrected chi connectivity index (χ3v) is 4.14. The molecule has 0 bridgehead atoms. The minimum atomic E-state index is 0.424. The van der Waals surface area contributed by atoms with Crippen LogP contribution in [0.2, 0.25) is 0 Å². The van der Waals surface area contributed by atoms with Gasteiger partial charge in [-0.25, -0.2) is 9.97 Å². The summed E-state index contributed by atoms with van der Waals surface area (Å²) in [5.41, 5.74) is 3.32. The van der Waals surface area contributed by atoms with Crippen LogP contribution < -0.4 is 14.8 Å². The van der Waals surface area contributed by atoms with Crippen LogP contribution in [0.5, 0.6) is 11.6 Å². The smallest absolute Gasteiger partial charge is 0.231 e. The van der Waals surface area contributed by atoms with Gasteiger partial charge in [0.1, 0.15) is 5.75 Å². The summed E-state index contributed by atoms with van der Waals surface area (Å²) in [7, 11) is 3.19. The van der Waals surface area contributed by atoms with E-state index in [0.29, 0.717) is 23.3 Å². The summed E-state index contributed by atoms with van der Waals surface area (Å²) >= 11 is 0. The Labute approximate surface area is 162 Å². The molecule has 0 radical (unpaired) electrons. The number of nitrogens with one attached hydrogen (secondary N) is 1. The van der Waals surface area contributed by atoms with Crippen molar-refractivity contribution in [1.82, 2.24) is 15.0 Å². The molecule has 1 N–H and O–H groups in total. The molecule has 0 saturated carbocycles. The van der Waals surface area contributed by atoms with Crippen molar-refractivity contribution < 1.29 is 13.9 Å². The lowest BCUT2D eigenvalue weighted by Gasteiger charge is -2.12. The van der Waals surface area contributed by atoms with Crippen molar-refractivity contribution in [3.8, 4) is 34.2 Å². The first-order valence-electron chi connectivity index (χ1n) is 8.59. The molecule has 0 spiro atoms. The second-order valence-corrected chi connectivity index (χ2v) is 5.89. The largest absolute Gasteiger partial charge is 0.496 e. The van der Waals surface area contributed by atoms with Crippen LogP contribution in [0.1, 0.15) is 0 Å². The Morgan fingerprint density at radius 3 is 2.50 bits per heavy atom. The monoisotopic (exact) mass is 374 g/mol. The van der Waals surface area contributed by atoms with Crippen molar-refractivity contribution in [2.24, 2.45) is 0 Å². The number of anilines is 2. The third kappa shape index (κ3) is 3.64. The van der Waals surface area contributed by atoms with Gasteiger partial charge in [0.25, 0.3) is 0 Å². The number of rotatable bonds is 6. The van der Waals surface area contributed by atoms with Crippen molar-refractivity contribution >= 4 is 11.6 Å². The zero-order valence-corrected chi connectivity index (χ0v) is 15.4. The summed E-state index contributed by atoms with van der Waals surface area (Å²) in [5, 5.41) is 3.21. The van der Waals surface area contributed by atoms with E-state index < -0.39 is 0 Å². The summed E-state index contributed by atoms with van der Waals surface area (Å²) in [5.74, 6) is 2.18. The highest BCUT2D eigenvalue weighted by Gasteiger charge is 2.12. The molecular weight excluding hydrogens is 356 g/mol. The van der Waals surface area contributed by atoms with Gasteiger partial charge in [-0.05, 0) is 12.1 Å². The first kappa shape index (κ1) is 17.5. The molecule has 0 amide bonds. The Morgan fingerprint density at radius 2 is 1.79 bits per heavy atom. The summed E-state index contributed by atoms with van der Waals surface area (Å²) in [4.78, 5) is 12.9. The zero-order chi connectivity index (χ0) is 19.3. The molecule has 4 aromatic rings. The Bertz CT molecular complexity index is 1070. The molecule has 0 aliphatic heterocycles. The fourth-order valence-corrected chi connectivity index (χ4v) is 2.79. The van der Waals surface area contributed by atoms with Crippen LogP contribution in [0.4, 0.5) is 11.6 Å². The average molecular weight is 374 g/mol. The SMILES string of the molecule is COc1cc(-c2ccccc2)nc(Nc2ccc(-c3cnco3)c(OC)c2)n1. The summed E-state index contributed by atoms with van der Waals surface area (Å²) in [6.07, 6.45) is 3.03. The van der Waals surface area contributed by atoms with Crippen molar-refractivity contribution in [1.29, 1.82) is 0 Å². The van der Waals surface area contributed by atoms with E-state index in [1.54, 1.807) is 26.5 Å². The molecule has 0 unspecified atom stereocenters. The lowest BCUT2D eigenvalue weighted by molar-refractivity contribution is 0.398. The molecule has 2 aromatic heterocycles. The van der Waals surface area contributed by atoms with Gasteiger partial charge in [-0.15, -0.1) is 0 Å². The van der Waals surface area contributed by atoms with Crippen LogP contribution in [-0.2, 0) is 0 Å². The van der Waals surface area contributed by atoms with E-state index in [9.17, 15) is 0 Å². The van der Waals surface area contributed by atoms with Crippen LogP contribution in [0.15, 0.2) is 71.6 Å². The van der Waals surface area contributed by atoms with E-state index in [0.717, 1.165) is 22.5 Å². The zero-order valence-electron chi connectivity index (χ0n) is 15.4. The maximum absolute atomic E-state index is 5.49. The van der Waals surface area contributed by atoms with Gasteiger partial charge in [-0.2, -0.15) is 4.98 Å². The molecule has 0 atom stereocenters. The van der Waals surface area contributed by atoms with Gasteiger partial charge in [0.2, 0.25) is 11.8 Å². The van der Waals surface area contributed by atoms with E-state index >= 15 is 0 Å². The fourth-order valence-electron chi connectivity index (χ4n) is 2.79. The van der Waals surface area contributed by atoms with E-state index in [1.807, 2.05) is 48.5 Å². The first-order valence-corrected chi connectivity index (χ1v) is 8.59. The average Bonchev–Trinajstić information content (AvgIpc) is 3.28. The van der Waals surface area contributed by atoms with E-state index in [4.69, 9.17) is 13.9 Å². The Balaban J connectivity index is 1.67. The van der Waals surface area contributed by atoms with Crippen molar-refractivity contribution in [3.05, 3.63) is 67.2 Å². The number of ether oxygens (including phenoxy) is 2. The lowest BCUT2D eigenvalue weighted by Crippen LogP contribution is -2.01. The van der Waals surface area contributed by atoms with Crippen LogP contribution in [0, 0.1) is 0 Å². The predicted octanol–water partition coefficient (Wildman–Crippen LogP) is 4.56. The number of benzene rings is 2. The molecular formula is C21H18N4O3. The highest BCUT2D eigenvalue weighted by Crippen LogP contribution is 2.33. The van der Waals surface area contributed by atoms with Crippen molar-refractivity contribution in [2.75, 3.05) is 19.5 Å². The number of nitrogens with zero attached hydrogens (tertiary/aromatic N) is 3. The number of methoxy groups -OCH3 is 2. The molecule has 2 heterocycles. The molecule has 7 heteroatoms. The molecule has 0 aliphatic carbocycles. The Hall–Kier alpha value is -3.87. The number of aromatic nitrogens is 3. The highest BCUT2D eigenvalue weighted by atomic mass is 16.5. The van der Waals surface area contributed by atoms with Gasteiger partial charge >= 0.3 is 0 Å². The molecule has 2 aromatic carbocycles. The topological polar surface area (TPSA) is 82.3 Å². The summed E-state index contributed by atoms with van der Waals surface area (Å²) < 4.78 is 16.2. The van der Waals surface area contributed by atoms with Gasteiger partial charge in [-0.3, -0.25) is 0 Å². The number of oxazole rings is 1. The highest BCUT2D eigenvalue weighted by molar-refractivity contribution is 5.71. The second-order valence-electron chi connectivity index (χ2n) is 5.89. The molecule has 4 rings (SSSR count). The van der Waals surface area contributed by atoms with Crippen LogP contribution in [0.3, 0.4) is 0 Å². The van der Waals surface area contributed by atoms with E-state index in [2.05, 4.69) is 20.3 Å². The van der Waals surface area contributed by atoms with Crippen molar-refractivity contribution in [3.63, 3.8) is 0 Å². The molecule has 0 fully saturated rings. The lowest BCUT2D eigenvalue weighted by atomic mass is 10.1. The maximum Gasteiger partial charge on any atom is 0.231 e. The van der Waals surface area contributed by atoms with Crippen molar-refractivity contribution in [2.45, 2.75) is 0 Å². The van der Waals surface area contributed by atoms with Gasteiger partial charge in [0.15, 0.2) is 12.2 Å². The van der Waals surface area contributed by atoms with Crippen LogP contribution in [0.25, 0.3) is 22.6 Å². The normalized spacial score (nSPS) is 10.5. The Kier molecular flexibility index (Phi) is 4.88.